The predicted octanol–water partition coefficient (Wildman–Crippen LogP) is 0.0333. The zero-order chi connectivity index (χ0) is 16.4. The molecule has 23 heavy (non-hydrogen) atoms. The van der Waals surface area contributed by atoms with E-state index >= 15 is 0 Å². The molecule has 128 valence electrons. The van der Waals surface area contributed by atoms with Crippen molar-refractivity contribution >= 4 is 11.9 Å². The summed E-state index contributed by atoms with van der Waals surface area (Å²) in [4.78, 5) is 14.7. The average Bonchev–Trinajstić information content (AvgIpc) is 3.15. The summed E-state index contributed by atoms with van der Waals surface area (Å²) in [5.41, 5.74) is -0.390. The molecule has 2 aliphatic heterocycles. The number of aromatic nitrogens is 3. The standard InChI is InChI=1S/C15H25N5O3/c1-4-20-12(9-22-3)17-18-14(20)19-7-11-8-23-6-5-15(11,10-19)13(21)16-2/h11H,4-10H2,1-3H3,(H,16,21)/t11-,15+/m1/s1. The maximum absolute atomic E-state index is 12.6. The molecule has 0 radical (unpaired) electrons. The van der Waals surface area contributed by atoms with Crippen molar-refractivity contribution in [1.82, 2.24) is 20.1 Å². The Bertz CT molecular complexity index is 575. The Morgan fingerprint density at radius 2 is 2.35 bits per heavy atom. The van der Waals surface area contributed by atoms with Crippen LogP contribution in [0.5, 0.6) is 0 Å². The highest BCUT2D eigenvalue weighted by molar-refractivity contribution is 5.84. The number of carbonyl (C=O) groups is 1. The topological polar surface area (TPSA) is 81.5 Å². The van der Waals surface area contributed by atoms with Gasteiger partial charge < -0.3 is 19.7 Å². The first-order valence-corrected chi connectivity index (χ1v) is 8.12. The highest BCUT2D eigenvalue weighted by Gasteiger charge is 2.54. The van der Waals surface area contributed by atoms with Crippen molar-refractivity contribution in [2.24, 2.45) is 11.3 Å². The van der Waals surface area contributed by atoms with Gasteiger partial charge in [0.15, 0.2) is 5.82 Å². The molecule has 3 rings (SSSR count). The van der Waals surface area contributed by atoms with Gasteiger partial charge in [-0.05, 0) is 13.3 Å². The molecule has 1 amide bonds. The molecule has 0 saturated carbocycles. The van der Waals surface area contributed by atoms with E-state index in [9.17, 15) is 4.79 Å². The molecule has 0 spiro atoms. The van der Waals surface area contributed by atoms with Gasteiger partial charge >= 0.3 is 0 Å². The van der Waals surface area contributed by atoms with Crippen molar-refractivity contribution in [2.75, 3.05) is 45.4 Å². The predicted molar refractivity (Wildman–Crippen MR) is 84.0 cm³/mol. The van der Waals surface area contributed by atoms with Crippen LogP contribution in [-0.2, 0) is 27.4 Å². The van der Waals surface area contributed by atoms with Crippen LogP contribution in [0.2, 0.25) is 0 Å². The van der Waals surface area contributed by atoms with Crippen molar-refractivity contribution in [1.29, 1.82) is 0 Å². The summed E-state index contributed by atoms with van der Waals surface area (Å²) < 4.78 is 12.9. The van der Waals surface area contributed by atoms with Crippen LogP contribution in [-0.4, -0.2) is 61.1 Å². The van der Waals surface area contributed by atoms with Gasteiger partial charge in [0.1, 0.15) is 6.61 Å². The Labute approximate surface area is 136 Å². The summed E-state index contributed by atoms with van der Waals surface area (Å²) >= 11 is 0. The molecule has 0 bridgehead atoms. The van der Waals surface area contributed by atoms with E-state index in [2.05, 4.69) is 31.9 Å². The molecule has 2 fully saturated rings. The van der Waals surface area contributed by atoms with E-state index in [1.54, 1.807) is 14.2 Å². The lowest BCUT2D eigenvalue weighted by molar-refractivity contribution is -0.138. The van der Waals surface area contributed by atoms with E-state index in [0.717, 1.165) is 31.3 Å². The number of fused-ring (bicyclic) bond motifs is 1. The number of ether oxygens (including phenoxy) is 2. The van der Waals surface area contributed by atoms with Gasteiger partial charge in [-0.3, -0.25) is 9.36 Å². The van der Waals surface area contributed by atoms with Crippen molar-refractivity contribution in [3.63, 3.8) is 0 Å². The fraction of sp³-hybridized carbons (Fsp3) is 0.800. The number of anilines is 1. The number of rotatable bonds is 5. The number of amides is 1. The highest BCUT2D eigenvalue weighted by Crippen LogP contribution is 2.43. The monoisotopic (exact) mass is 323 g/mol. The number of hydrogen-bond donors (Lipinski definition) is 1. The molecule has 1 N–H and O–H groups in total. The van der Waals surface area contributed by atoms with E-state index < -0.39 is 0 Å². The molecule has 0 aromatic carbocycles. The SMILES string of the molecule is CCn1c(COC)nnc1N1C[C@@H]2COCC[C@]2(C(=O)NC)C1. The summed E-state index contributed by atoms with van der Waals surface area (Å²) in [5.74, 6) is 1.92. The Kier molecular flexibility index (Phi) is 4.54. The van der Waals surface area contributed by atoms with Gasteiger partial charge in [0, 0.05) is 46.3 Å². The number of methoxy groups -OCH3 is 1. The van der Waals surface area contributed by atoms with Gasteiger partial charge in [-0.25, -0.2) is 0 Å². The van der Waals surface area contributed by atoms with Crippen LogP contribution in [0.25, 0.3) is 0 Å². The van der Waals surface area contributed by atoms with Crippen LogP contribution < -0.4 is 10.2 Å². The van der Waals surface area contributed by atoms with Crippen molar-refractivity contribution in [3.05, 3.63) is 5.82 Å². The highest BCUT2D eigenvalue weighted by atomic mass is 16.5. The van der Waals surface area contributed by atoms with Gasteiger partial charge in [0.25, 0.3) is 0 Å². The van der Waals surface area contributed by atoms with Crippen molar-refractivity contribution < 1.29 is 14.3 Å². The quantitative estimate of drug-likeness (QED) is 0.823. The van der Waals surface area contributed by atoms with Gasteiger partial charge in [0.2, 0.25) is 11.9 Å². The summed E-state index contributed by atoms with van der Waals surface area (Å²) in [6.45, 7) is 5.94. The van der Waals surface area contributed by atoms with Gasteiger partial charge in [0.05, 0.1) is 12.0 Å². The van der Waals surface area contributed by atoms with E-state index in [4.69, 9.17) is 9.47 Å². The van der Waals surface area contributed by atoms with E-state index in [-0.39, 0.29) is 17.2 Å². The summed E-state index contributed by atoms with van der Waals surface area (Å²) in [6, 6.07) is 0. The van der Waals surface area contributed by atoms with Crippen LogP contribution in [0.4, 0.5) is 5.95 Å². The Balaban J connectivity index is 1.90. The molecule has 1 aromatic rings. The molecule has 8 heteroatoms. The molecule has 0 unspecified atom stereocenters. The fourth-order valence-corrected chi connectivity index (χ4v) is 3.84. The Morgan fingerprint density at radius 3 is 3.04 bits per heavy atom. The lowest BCUT2D eigenvalue weighted by Crippen LogP contribution is -2.49. The lowest BCUT2D eigenvalue weighted by Gasteiger charge is -2.36. The summed E-state index contributed by atoms with van der Waals surface area (Å²) in [7, 11) is 3.36. The van der Waals surface area contributed by atoms with Crippen LogP contribution in [0.15, 0.2) is 0 Å². The number of nitrogens with one attached hydrogen (secondary N) is 1. The third-order valence-corrected chi connectivity index (χ3v) is 5.07. The van der Waals surface area contributed by atoms with Crippen LogP contribution >= 0.6 is 0 Å². The Hall–Kier alpha value is -1.67. The first-order chi connectivity index (χ1) is 11.2. The second-order valence-electron chi connectivity index (χ2n) is 6.23. The third-order valence-electron chi connectivity index (χ3n) is 5.07. The van der Waals surface area contributed by atoms with E-state index in [1.807, 2.05) is 0 Å². The molecular weight excluding hydrogens is 298 g/mol. The minimum Gasteiger partial charge on any atom is -0.381 e. The summed E-state index contributed by atoms with van der Waals surface area (Å²) in [6.07, 6.45) is 0.749. The number of carbonyl (C=O) groups excluding carboxylic acids is 1. The van der Waals surface area contributed by atoms with Crippen LogP contribution in [0.1, 0.15) is 19.2 Å². The number of nitrogens with zero attached hydrogens (tertiary/aromatic N) is 4. The minimum atomic E-state index is -0.390. The Morgan fingerprint density at radius 1 is 1.52 bits per heavy atom. The largest absolute Gasteiger partial charge is 0.381 e. The number of hydrogen-bond acceptors (Lipinski definition) is 6. The third kappa shape index (κ3) is 2.59. The zero-order valence-electron chi connectivity index (χ0n) is 14.0. The van der Waals surface area contributed by atoms with Gasteiger partial charge in [-0.2, -0.15) is 0 Å². The van der Waals surface area contributed by atoms with Gasteiger partial charge in [-0.1, -0.05) is 0 Å². The molecular formula is C15H25N5O3. The maximum Gasteiger partial charge on any atom is 0.228 e. The first kappa shape index (κ1) is 16.2. The molecule has 2 saturated heterocycles. The molecule has 2 aliphatic rings. The molecule has 0 aliphatic carbocycles. The van der Waals surface area contributed by atoms with Crippen LogP contribution in [0.3, 0.4) is 0 Å². The van der Waals surface area contributed by atoms with E-state index in [1.165, 1.54) is 0 Å². The first-order valence-electron chi connectivity index (χ1n) is 8.12. The normalized spacial score (nSPS) is 27.1. The molecule has 2 atom stereocenters. The maximum atomic E-state index is 12.6. The lowest BCUT2D eigenvalue weighted by atomic mass is 9.73. The van der Waals surface area contributed by atoms with Crippen LogP contribution in [0, 0.1) is 11.3 Å². The second-order valence-corrected chi connectivity index (χ2v) is 6.23. The molecule has 8 nitrogen and oxygen atoms in total. The zero-order valence-corrected chi connectivity index (χ0v) is 14.0. The second kappa shape index (κ2) is 6.45. The summed E-state index contributed by atoms with van der Waals surface area (Å²) in [5, 5.41) is 11.4. The average molecular weight is 323 g/mol. The molecule has 3 heterocycles. The molecule has 1 aromatic heterocycles. The van der Waals surface area contributed by atoms with Crippen molar-refractivity contribution in [3.8, 4) is 0 Å². The van der Waals surface area contributed by atoms with Crippen molar-refractivity contribution in [2.45, 2.75) is 26.5 Å². The van der Waals surface area contributed by atoms with E-state index in [0.29, 0.717) is 26.4 Å². The smallest absolute Gasteiger partial charge is 0.228 e. The minimum absolute atomic E-state index is 0.105. The fourth-order valence-electron chi connectivity index (χ4n) is 3.84. The van der Waals surface area contributed by atoms with Gasteiger partial charge in [-0.15, -0.1) is 10.2 Å².